The molecule has 0 unspecified atom stereocenters. The van der Waals surface area contributed by atoms with Crippen molar-refractivity contribution in [1.82, 2.24) is 9.80 Å². The zero-order chi connectivity index (χ0) is 22.0. The van der Waals surface area contributed by atoms with Crippen molar-refractivity contribution in [2.45, 2.75) is 6.42 Å². The number of nitrogens with zero attached hydrogens (tertiary/aromatic N) is 2. The maximum Gasteiger partial charge on any atom is 0.187 e. The van der Waals surface area contributed by atoms with Crippen LogP contribution in [-0.2, 0) is 4.79 Å². The maximum atomic E-state index is 13.6. The lowest BCUT2D eigenvalue weighted by atomic mass is 9.85. The number of carbonyl (C=O) groups excluding carboxylic acids is 1. The number of carbonyl (C=O) groups is 1. The van der Waals surface area contributed by atoms with Crippen LogP contribution in [0.4, 0.5) is 0 Å². The Hall–Kier alpha value is -1.79. The van der Waals surface area contributed by atoms with Gasteiger partial charge in [0.25, 0.3) is 0 Å². The monoisotopic (exact) mass is 540 g/mol. The van der Waals surface area contributed by atoms with Gasteiger partial charge in [0.05, 0.1) is 0 Å². The molecule has 31 heavy (non-hydrogen) atoms. The molecular formula is C26H26Br2N2O. The molecule has 0 amide bonds. The SMILES string of the molecule is CN1CCC(=C2/CN(C)C/C(=C/c3ccc(Br)cc3)C2=O)/C(=C/c2ccc(Br)cc2)C1. The number of hydrogen-bond acceptors (Lipinski definition) is 3. The van der Waals surface area contributed by atoms with Crippen LogP contribution in [0.3, 0.4) is 0 Å². The molecule has 2 aliphatic heterocycles. The zero-order valence-corrected chi connectivity index (χ0v) is 21.0. The van der Waals surface area contributed by atoms with E-state index in [9.17, 15) is 4.79 Å². The Labute approximate surface area is 201 Å². The van der Waals surface area contributed by atoms with Crippen molar-refractivity contribution in [2.24, 2.45) is 0 Å². The van der Waals surface area contributed by atoms with E-state index in [4.69, 9.17) is 0 Å². The molecule has 0 N–H and O–H groups in total. The van der Waals surface area contributed by atoms with Crippen LogP contribution in [0.25, 0.3) is 12.2 Å². The summed E-state index contributed by atoms with van der Waals surface area (Å²) in [6.45, 7) is 3.21. The average Bonchev–Trinajstić information content (AvgIpc) is 2.74. The van der Waals surface area contributed by atoms with Crippen molar-refractivity contribution < 1.29 is 4.79 Å². The first kappa shape index (κ1) is 22.4. The largest absolute Gasteiger partial charge is 0.302 e. The van der Waals surface area contributed by atoms with Gasteiger partial charge in [0.1, 0.15) is 0 Å². The fourth-order valence-electron chi connectivity index (χ4n) is 4.22. The molecular weight excluding hydrogens is 516 g/mol. The Kier molecular flexibility index (Phi) is 7.07. The molecule has 0 spiro atoms. The highest BCUT2D eigenvalue weighted by atomic mass is 79.9. The minimum atomic E-state index is 0.197. The zero-order valence-electron chi connectivity index (χ0n) is 17.9. The summed E-state index contributed by atoms with van der Waals surface area (Å²) in [6, 6.07) is 16.5. The molecule has 4 rings (SSSR count). The van der Waals surface area contributed by atoms with Gasteiger partial charge in [-0.3, -0.25) is 9.69 Å². The summed E-state index contributed by atoms with van der Waals surface area (Å²) in [7, 11) is 4.24. The second kappa shape index (κ2) is 9.78. The van der Waals surface area contributed by atoms with Gasteiger partial charge in [-0.1, -0.05) is 62.2 Å². The lowest BCUT2D eigenvalue weighted by Crippen LogP contribution is -2.37. The van der Waals surface area contributed by atoms with Gasteiger partial charge >= 0.3 is 0 Å². The first-order chi connectivity index (χ1) is 14.9. The van der Waals surface area contributed by atoms with Gasteiger partial charge in [-0.05, 0) is 73.1 Å². The molecule has 3 nitrogen and oxygen atoms in total. The number of likely N-dealkylation sites (N-methyl/N-ethyl adjacent to an activating group) is 2. The fraction of sp³-hybridized carbons (Fsp3) is 0.269. The van der Waals surface area contributed by atoms with E-state index >= 15 is 0 Å². The number of rotatable bonds is 2. The molecule has 0 atom stereocenters. The Balaban J connectivity index is 1.73. The number of halogens is 2. The van der Waals surface area contributed by atoms with Crippen molar-refractivity contribution >= 4 is 49.8 Å². The lowest BCUT2D eigenvalue weighted by molar-refractivity contribution is -0.113. The van der Waals surface area contributed by atoms with Gasteiger partial charge in [0.15, 0.2) is 5.78 Å². The van der Waals surface area contributed by atoms with E-state index in [1.807, 2.05) is 30.3 Å². The Morgan fingerprint density at radius 1 is 0.710 bits per heavy atom. The van der Waals surface area contributed by atoms with Gasteiger partial charge in [0, 0.05) is 46.3 Å². The number of benzene rings is 2. The molecule has 2 heterocycles. The molecule has 2 aliphatic rings. The molecule has 160 valence electrons. The van der Waals surface area contributed by atoms with E-state index in [0.717, 1.165) is 50.7 Å². The van der Waals surface area contributed by atoms with Crippen molar-refractivity contribution in [1.29, 1.82) is 0 Å². The van der Waals surface area contributed by atoms with Gasteiger partial charge in [-0.15, -0.1) is 0 Å². The summed E-state index contributed by atoms with van der Waals surface area (Å²) in [4.78, 5) is 18.1. The molecule has 0 saturated carbocycles. The highest BCUT2D eigenvalue weighted by Crippen LogP contribution is 2.31. The highest BCUT2D eigenvalue weighted by molar-refractivity contribution is 9.10. The number of ketones is 1. The smallest absolute Gasteiger partial charge is 0.187 e. The van der Waals surface area contributed by atoms with E-state index < -0.39 is 0 Å². The van der Waals surface area contributed by atoms with Crippen molar-refractivity contribution in [3.63, 3.8) is 0 Å². The minimum absolute atomic E-state index is 0.197. The molecule has 2 aromatic rings. The minimum Gasteiger partial charge on any atom is -0.302 e. The summed E-state index contributed by atoms with van der Waals surface area (Å²) >= 11 is 6.99. The Morgan fingerprint density at radius 2 is 1.23 bits per heavy atom. The topological polar surface area (TPSA) is 23.6 Å². The third-order valence-corrected chi connectivity index (χ3v) is 6.85. The predicted octanol–water partition coefficient (Wildman–Crippen LogP) is 5.83. The van der Waals surface area contributed by atoms with Crippen LogP contribution >= 0.6 is 31.9 Å². The summed E-state index contributed by atoms with van der Waals surface area (Å²) in [5.41, 5.74) is 6.50. The third-order valence-electron chi connectivity index (χ3n) is 5.79. The average molecular weight is 542 g/mol. The maximum absolute atomic E-state index is 13.6. The summed E-state index contributed by atoms with van der Waals surface area (Å²) in [5.74, 6) is 0.197. The second-order valence-electron chi connectivity index (χ2n) is 8.39. The lowest BCUT2D eigenvalue weighted by Gasteiger charge is -2.33. The van der Waals surface area contributed by atoms with Crippen LogP contribution in [0.15, 0.2) is 79.8 Å². The van der Waals surface area contributed by atoms with Crippen molar-refractivity contribution in [3.8, 4) is 0 Å². The second-order valence-corrected chi connectivity index (χ2v) is 10.2. The molecule has 0 aromatic heterocycles. The van der Waals surface area contributed by atoms with Crippen LogP contribution in [0.2, 0.25) is 0 Å². The van der Waals surface area contributed by atoms with E-state index in [1.165, 1.54) is 11.1 Å². The number of likely N-dealkylation sites (tertiary alicyclic amines) is 2. The molecule has 0 bridgehead atoms. The third kappa shape index (κ3) is 5.53. The van der Waals surface area contributed by atoms with Gasteiger partial charge in [-0.2, -0.15) is 0 Å². The standard InChI is InChI=1S/C26H26Br2N2O/c1-29-12-11-24(20(15-29)13-18-3-7-22(27)8-4-18)25-17-30(2)16-21(26(25)31)14-19-5-9-23(28)10-6-19/h3-10,13-14H,11-12,15-17H2,1-2H3/b20-13+,21-14-,25-24+. The molecule has 2 fully saturated rings. The fourth-order valence-corrected chi connectivity index (χ4v) is 4.75. The van der Waals surface area contributed by atoms with E-state index in [2.05, 4.69) is 86.1 Å². The Morgan fingerprint density at radius 3 is 1.81 bits per heavy atom. The van der Waals surface area contributed by atoms with Gasteiger partial charge < -0.3 is 4.90 Å². The van der Waals surface area contributed by atoms with Crippen LogP contribution in [0, 0.1) is 0 Å². The highest BCUT2D eigenvalue weighted by Gasteiger charge is 2.29. The van der Waals surface area contributed by atoms with Crippen molar-refractivity contribution in [2.75, 3.05) is 40.3 Å². The first-order valence-corrected chi connectivity index (χ1v) is 12.0. The predicted molar refractivity (Wildman–Crippen MR) is 136 cm³/mol. The molecule has 2 saturated heterocycles. The first-order valence-electron chi connectivity index (χ1n) is 10.5. The van der Waals surface area contributed by atoms with Gasteiger partial charge in [-0.25, -0.2) is 0 Å². The molecule has 0 radical (unpaired) electrons. The van der Waals surface area contributed by atoms with E-state index in [0.29, 0.717) is 13.1 Å². The normalized spacial score (nSPS) is 23.7. The van der Waals surface area contributed by atoms with Crippen LogP contribution in [0.1, 0.15) is 17.5 Å². The number of hydrogen-bond donors (Lipinski definition) is 0. The summed E-state index contributed by atoms with van der Waals surface area (Å²) < 4.78 is 2.11. The van der Waals surface area contributed by atoms with E-state index in [1.54, 1.807) is 0 Å². The summed E-state index contributed by atoms with van der Waals surface area (Å²) in [6.07, 6.45) is 5.18. The number of Topliss-reactive ketones (excluding diaryl/α,β-unsaturated/α-hetero) is 1. The molecule has 2 aromatic carbocycles. The quantitative estimate of drug-likeness (QED) is 0.447. The number of piperidine rings is 2. The van der Waals surface area contributed by atoms with Gasteiger partial charge in [0.2, 0.25) is 0 Å². The van der Waals surface area contributed by atoms with Crippen LogP contribution in [0.5, 0.6) is 0 Å². The van der Waals surface area contributed by atoms with Crippen molar-refractivity contribution in [3.05, 3.63) is 90.9 Å². The van der Waals surface area contributed by atoms with Crippen LogP contribution < -0.4 is 0 Å². The molecule has 0 aliphatic carbocycles. The molecule has 5 heteroatoms. The summed E-state index contributed by atoms with van der Waals surface area (Å²) in [5, 5.41) is 0. The van der Waals surface area contributed by atoms with Crippen LogP contribution in [-0.4, -0.2) is 55.9 Å². The van der Waals surface area contributed by atoms with E-state index in [-0.39, 0.29) is 5.78 Å². The Bertz CT molecular complexity index is 1070.